The standard InChI is InChI=1S/C22H17N3O/c26-21-13-11-19(12-14-21)23-15-18-16-25(20-9-5-2-6-10-20)24-22(18)17-7-3-1-4-8-17/h1-16,26H. The third-order valence-corrected chi connectivity index (χ3v) is 4.01. The Bertz CT molecular complexity index is 1020. The van der Waals surface area contributed by atoms with Crippen LogP contribution in [0, 0.1) is 0 Å². The summed E-state index contributed by atoms with van der Waals surface area (Å²) in [6.45, 7) is 0. The van der Waals surface area contributed by atoms with Gasteiger partial charge in [-0.2, -0.15) is 5.10 Å². The van der Waals surface area contributed by atoms with Crippen molar-refractivity contribution >= 4 is 11.9 Å². The Morgan fingerprint density at radius 1 is 0.808 bits per heavy atom. The van der Waals surface area contributed by atoms with Crippen LogP contribution in [0.4, 0.5) is 5.69 Å². The average molecular weight is 339 g/mol. The van der Waals surface area contributed by atoms with Crippen LogP contribution in [0.15, 0.2) is 96.1 Å². The van der Waals surface area contributed by atoms with Crippen molar-refractivity contribution in [2.24, 2.45) is 4.99 Å². The second-order valence-electron chi connectivity index (χ2n) is 5.85. The highest BCUT2D eigenvalue weighted by Gasteiger charge is 2.10. The van der Waals surface area contributed by atoms with E-state index in [-0.39, 0.29) is 5.75 Å². The van der Waals surface area contributed by atoms with Crippen molar-refractivity contribution in [3.8, 4) is 22.7 Å². The molecule has 3 aromatic carbocycles. The first-order chi connectivity index (χ1) is 12.8. The van der Waals surface area contributed by atoms with E-state index in [1.165, 1.54) is 0 Å². The monoisotopic (exact) mass is 339 g/mol. The molecular formula is C22H17N3O. The van der Waals surface area contributed by atoms with Crippen LogP contribution in [0.1, 0.15) is 5.56 Å². The molecule has 0 bridgehead atoms. The van der Waals surface area contributed by atoms with Crippen LogP contribution >= 0.6 is 0 Å². The van der Waals surface area contributed by atoms with Crippen molar-refractivity contribution in [1.82, 2.24) is 9.78 Å². The first-order valence-electron chi connectivity index (χ1n) is 8.33. The zero-order valence-electron chi connectivity index (χ0n) is 14.0. The van der Waals surface area contributed by atoms with Gasteiger partial charge < -0.3 is 5.11 Å². The second-order valence-corrected chi connectivity index (χ2v) is 5.85. The van der Waals surface area contributed by atoms with Crippen molar-refractivity contribution < 1.29 is 5.11 Å². The number of phenolic OH excluding ortho intramolecular Hbond substituents is 1. The van der Waals surface area contributed by atoms with Crippen molar-refractivity contribution in [2.75, 3.05) is 0 Å². The van der Waals surface area contributed by atoms with Crippen molar-refractivity contribution in [2.45, 2.75) is 0 Å². The van der Waals surface area contributed by atoms with E-state index in [2.05, 4.69) is 4.99 Å². The van der Waals surface area contributed by atoms with Crippen LogP contribution < -0.4 is 0 Å². The Morgan fingerprint density at radius 2 is 1.46 bits per heavy atom. The Kier molecular flexibility index (Phi) is 4.31. The SMILES string of the molecule is Oc1ccc(N=Cc2cn(-c3ccccc3)nc2-c2ccccc2)cc1. The minimum Gasteiger partial charge on any atom is -0.508 e. The molecule has 126 valence electrons. The lowest BCUT2D eigenvalue weighted by Crippen LogP contribution is -1.93. The lowest BCUT2D eigenvalue weighted by molar-refractivity contribution is 0.475. The molecule has 0 aliphatic heterocycles. The predicted molar refractivity (Wildman–Crippen MR) is 104 cm³/mol. The number of rotatable bonds is 4. The van der Waals surface area contributed by atoms with Gasteiger partial charge in [-0.05, 0) is 36.4 Å². The molecule has 4 nitrogen and oxygen atoms in total. The van der Waals surface area contributed by atoms with Gasteiger partial charge in [-0.15, -0.1) is 0 Å². The average Bonchev–Trinajstić information content (AvgIpc) is 3.13. The highest BCUT2D eigenvalue weighted by molar-refractivity contribution is 5.90. The van der Waals surface area contributed by atoms with Crippen LogP contribution in [-0.2, 0) is 0 Å². The van der Waals surface area contributed by atoms with Gasteiger partial charge in [0.2, 0.25) is 0 Å². The van der Waals surface area contributed by atoms with E-state index in [9.17, 15) is 5.11 Å². The molecule has 0 aliphatic carbocycles. The molecule has 1 N–H and O–H groups in total. The van der Waals surface area contributed by atoms with Gasteiger partial charge in [0.15, 0.2) is 0 Å². The Morgan fingerprint density at radius 3 is 2.15 bits per heavy atom. The van der Waals surface area contributed by atoms with E-state index < -0.39 is 0 Å². The number of benzene rings is 3. The highest BCUT2D eigenvalue weighted by atomic mass is 16.3. The quantitative estimate of drug-likeness (QED) is 0.532. The Labute approximate surface area is 151 Å². The molecule has 0 atom stereocenters. The zero-order chi connectivity index (χ0) is 17.8. The maximum Gasteiger partial charge on any atom is 0.115 e. The first-order valence-corrected chi connectivity index (χ1v) is 8.33. The molecule has 26 heavy (non-hydrogen) atoms. The van der Waals surface area contributed by atoms with Crippen molar-refractivity contribution in [1.29, 1.82) is 0 Å². The number of aromatic hydroxyl groups is 1. The van der Waals surface area contributed by atoms with Gasteiger partial charge in [0.1, 0.15) is 11.4 Å². The summed E-state index contributed by atoms with van der Waals surface area (Å²) in [5, 5.41) is 14.2. The highest BCUT2D eigenvalue weighted by Crippen LogP contribution is 2.23. The molecule has 4 heteroatoms. The number of para-hydroxylation sites is 1. The molecule has 0 spiro atoms. The van der Waals surface area contributed by atoms with Crippen molar-refractivity contribution in [3.05, 3.63) is 96.7 Å². The molecule has 0 saturated heterocycles. The van der Waals surface area contributed by atoms with Gasteiger partial charge >= 0.3 is 0 Å². The molecule has 4 rings (SSSR count). The second kappa shape index (κ2) is 7.07. The van der Waals surface area contributed by atoms with E-state index in [0.717, 1.165) is 28.2 Å². The number of phenols is 1. The summed E-state index contributed by atoms with van der Waals surface area (Å²) in [7, 11) is 0. The fraction of sp³-hybridized carbons (Fsp3) is 0. The largest absolute Gasteiger partial charge is 0.508 e. The van der Waals surface area contributed by atoms with Crippen LogP contribution in [0.2, 0.25) is 0 Å². The van der Waals surface area contributed by atoms with Gasteiger partial charge in [0.25, 0.3) is 0 Å². The third-order valence-electron chi connectivity index (χ3n) is 4.01. The van der Waals surface area contributed by atoms with E-state index in [1.54, 1.807) is 30.5 Å². The summed E-state index contributed by atoms with van der Waals surface area (Å²) in [5.74, 6) is 0.228. The van der Waals surface area contributed by atoms with Gasteiger partial charge in [-0.1, -0.05) is 48.5 Å². The van der Waals surface area contributed by atoms with Gasteiger partial charge in [0.05, 0.1) is 11.4 Å². The summed E-state index contributed by atoms with van der Waals surface area (Å²) in [5.41, 5.74) is 4.60. The lowest BCUT2D eigenvalue weighted by atomic mass is 10.1. The van der Waals surface area contributed by atoms with Crippen molar-refractivity contribution in [3.63, 3.8) is 0 Å². The van der Waals surface area contributed by atoms with Crippen LogP contribution in [0.3, 0.4) is 0 Å². The number of aromatic nitrogens is 2. The number of aliphatic imine (C=N–C) groups is 1. The van der Waals surface area contributed by atoms with Crippen LogP contribution in [-0.4, -0.2) is 21.1 Å². The van der Waals surface area contributed by atoms with Gasteiger partial charge in [-0.3, -0.25) is 4.99 Å². The fourth-order valence-electron chi connectivity index (χ4n) is 2.70. The normalized spacial score (nSPS) is 11.1. The molecule has 1 aromatic heterocycles. The smallest absolute Gasteiger partial charge is 0.115 e. The Hall–Kier alpha value is -3.66. The van der Waals surface area contributed by atoms with Gasteiger partial charge in [0, 0.05) is 23.5 Å². The molecule has 0 fully saturated rings. The summed E-state index contributed by atoms with van der Waals surface area (Å²) in [6, 6.07) is 26.8. The summed E-state index contributed by atoms with van der Waals surface area (Å²) < 4.78 is 1.86. The Balaban J connectivity index is 1.76. The number of nitrogens with zero attached hydrogens (tertiary/aromatic N) is 3. The first kappa shape index (κ1) is 15.8. The zero-order valence-corrected chi connectivity index (χ0v) is 14.0. The lowest BCUT2D eigenvalue weighted by Gasteiger charge is -2.00. The van der Waals surface area contributed by atoms with E-state index in [1.807, 2.05) is 71.5 Å². The topological polar surface area (TPSA) is 50.4 Å². The molecule has 1 heterocycles. The number of hydrogen-bond donors (Lipinski definition) is 1. The maximum absolute atomic E-state index is 9.40. The van der Waals surface area contributed by atoms with E-state index >= 15 is 0 Å². The van der Waals surface area contributed by atoms with Crippen LogP contribution in [0.25, 0.3) is 16.9 Å². The fourth-order valence-corrected chi connectivity index (χ4v) is 2.70. The maximum atomic E-state index is 9.40. The minimum absolute atomic E-state index is 0.228. The minimum atomic E-state index is 0.228. The molecular weight excluding hydrogens is 322 g/mol. The molecule has 0 unspecified atom stereocenters. The molecule has 0 radical (unpaired) electrons. The predicted octanol–water partition coefficient (Wildman–Crippen LogP) is 5.00. The molecule has 0 saturated carbocycles. The number of hydrogen-bond acceptors (Lipinski definition) is 3. The molecule has 4 aromatic rings. The molecule has 0 aliphatic rings. The van der Waals surface area contributed by atoms with Crippen LogP contribution in [0.5, 0.6) is 5.75 Å². The molecule has 0 amide bonds. The van der Waals surface area contributed by atoms with E-state index in [4.69, 9.17) is 5.10 Å². The van der Waals surface area contributed by atoms with Gasteiger partial charge in [-0.25, -0.2) is 4.68 Å². The van der Waals surface area contributed by atoms with E-state index in [0.29, 0.717) is 0 Å². The third kappa shape index (κ3) is 3.39. The summed E-state index contributed by atoms with van der Waals surface area (Å²) >= 11 is 0. The summed E-state index contributed by atoms with van der Waals surface area (Å²) in [6.07, 6.45) is 3.78. The summed E-state index contributed by atoms with van der Waals surface area (Å²) in [4.78, 5) is 4.52.